The van der Waals surface area contributed by atoms with Crippen molar-refractivity contribution < 1.29 is 9.59 Å². The van der Waals surface area contributed by atoms with Crippen molar-refractivity contribution in [1.82, 2.24) is 9.80 Å². The molecule has 0 N–H and O–H groups in total. The zero-order valence-electron chi connectivity index (χ0n) is 18.8. The number of likely N-dealkylation sites (tertiary alicyclic amines) is 2. The fraction of sp³-hybridized carbons (Fsp3) is 0.913. The second kappa shape index (κ2) is 12.4. The van der Waals surface area contributed by atoms with E-state index in [4.69, 9.17) is 0 Å². The molecule has 0 aromatic rings. The Morgan fingerprint density at radius 3 is 2.11 bits per heavy atom. The Morgan fingerprint density at radius 1 is 0.926 bits per heavy atom. The zero-order chi connectivity index (χ0) is 20.4. The molecule has 3 atom stereocenters. The average molecular weight is 381 g/mol. The molecule has 2 aliphatic heterocycles. The molecule has 1 unspecified atom stereocenters. The molecular formula is C23H44N2O2. The lowest BCUT2D eigenvalue weighted by Gasteiger charge is -2.36. The molecule has 0 bridgehead atoms. The SMILES string of the molecule is CCC(=O)N1CCC[C@H](CC)C1.CCC(C)C(=O)N1CCC[C@@H](C(C)C)C1. The summed E-state index contributed by atoms with van der Waals surface area (Å²) in [5, 5.41) is 0. The van der Waals surface area contributed by atoms with Crippen LogP contribution in [0.4, 0.5) is 0 Å². The van der Waals surface area contributed by atoms with Gasteiger partial charge in [-0.3, -0.25) is 9.59 Å². The van der Waals surface area contributed by atoms with Crippen molar-refractivity contribution in [2.24, 2.45) is 23.7 Å². The minimum absolute atomic E-state index is 0.205. The van der Waals surface area contributed by atoms with Gasteiger partial charge in [0, 0.05) is 38.5 Å². The number of nitrogens with zero attached hydrogens (tertiary/aromatic N) is 2. The molecule has 2 aliphatic rings. The van der Waals surface area contributed by atoms with Crippen LogP contribution >= 0.6 is 0 Å². The highest BCUT2D eigenvalue weighted by Gasteiger charge is 2.27. The van der Waals surface area contributed by atoms with Crippen LogP contribution in [-0.4, -0.2) is 47.8 Å². The van der Waals surface area contributed by atoms with Crippen LogP contribution in [0.5, 0.6) is 0 Å². The van der Waals surface area contributed by atoms with E-state index < -0.39 is 0 Å². The summed E-state index contributed by atoms with van der Waals surface area (Å²) in [5.74, 6) is 3.07. The normalized spacial score (nSPS) is 24.3. The van der Waals surface area contributed by atoms with E-state index in [1.54, 1.807) is 0 Å². The van der Waals surface area contributed by atoms with E-state index in [1.165, 1.54) is 32.1 Å². The number of piperidine rings is 2. The summed E-state index contributed by atoms with van der Waals surface area (Å²) >= 11 is 0. The highest BCUT2D eigenvalue weighted by atomic mass is 16.2. The van der Waals surface area contributed by atoms with Crippen molar-refractivity contribution >= 4 is 11.8 Å². The third kappa shape index (κ3) is 7.83. The van der Waals surface area contributed by atoms with Crippen LogP contribution in [0.15, 0.2) is 0 Å². The monoisotopic (exact) mass is 380 g/mol. The Balaban J connectivity index is 0.000000277. The third-order valence-corrected chi connectivity index (χ3v) is 6.50. The number of carbonyl (C=O) groups is 2. The first-order chi connectivity index (χ1) is 12.8. The van der Waals surface area contributed by atoms with Gasteiger partial charge in [-0.25, -0.2) is 0 Å². The lowest BCUT2D eigenvalue weighted by atomic mass is 9.87. The van der Waals surface area contributed by atoms with E-state index in [2.05, 4.69) is 32.6 Å². The van der Waals surface area contributed by atoms with Crippen LogP contribution in [0.2, 0.25) is 0 Å². The zero-order valence-corrected chi connectivity index (χ0v) is 18.8. The smallest absolute Gasteiger partial charge is 0.225 e. The molecule has 0 saturated carbocycles. The molecule has 4 heteroatoms. The highest BCUT2D eigenvalue weighted by molar-refractivity contribution is 5.78. The molecular weight excluding hydrogens is 336 g/mol. The van der Waals surface area contributed by atoms with Crippen molar-refractivity contribution in [3.05, 3.63) is 0 Å². The van der Waals surface area contributed by atoms with Crippen molar-refractivity contribution in [3.8, 4) is 0 Å². The molecule has 2 heterocycles. The first kappa shape index (κ1) is 24.0. The first-order valence-corrected chi connectivity index (χ1v) is 11.4. The molecule has 2 rings (SSSR count). The molecule has 0 radical (unpaired) electrons. The largest absolute Gasteiger partial charge is 0.342 e. The predicted molar refractivity (Wildman–Crippen MR) is 113 cm³/mol. The summed E-state index contributed by atoms with van der Waals surface area (Å²) in [7, 11) is 0. The fourth-order valence-electron chi connectivity index (χ4n) is 4.09. The molecule has 158 valence electrons. The highest BCUT2D eigenvalue weighted by Crippen LogP contribution is 2.24. The van der Waals surface area contributed by atoms with Gasteiger partial charge in [0.15, 0.2) is 0 Å². The Morgan fingerprint density at radius 2 is 1.56 bits per heavy atom. The van der Waals surface area contributed by atoms with Gasteiger partial charge in [-0.1, -0.05) is 48.0 Å². The van der Waals surface area contributed by atoms with Gasteiger partial charge in [0.05, 0.1) is 0 Å². The Labute approximate surface area is 168 Å². The molecule has 27 heavy (non-hydrogen) atoms. The topological polar surface area (TPSA) is 40.6 Å². The predicted octanol–water partition coefficient (Wildman–Crippen LogP) is 4.97. The fourth-order valence-corrected chi connectivity index (χ4v) is 4.09. The van der Waals surface area contributed by atoms with Crippen molar-refractivity contribution in [2.45, 2.75) is 86.5 Å². The number of hydrogen-bond donors (Lipinski definition) is 0. The van der Waals surface area contributed by atoms with Gasteiger partial charge in [-0.05, 0) is 49.9 Å². The number of amides is 2. The molecule has 0 aromatic heterocycles. The van der Waals surface area contributed by atoms with E-state index >= 15 is 0 Å². The van der Waals surface area contributed by atoms with E-state index in [0.717, 1.165) is 38.5 Å². The Hall–Kier alpha value is -1.06. The lowest BCUT2D eigenvalue weighted by molar-refractivity contribution is -0.137. The van der Waals surface area contributed by atoms with Gasteiger partial charge in [-0.2, -0.15) is 0 Å². The maximum absolute atomic E-state index is 12.0. The third-order valence-electron chi connectivity index (χ3n) is 6.50. The van der Waals surface area contributed by atoms with Crippen LogP contribution in [0.3, 0.4) is 0 Å². The quantitative estimate of drug-likeness (QED) is 0.675. The summed E-state index contributed by atoms with van der Waals surface area (Å²) < 4.78 is 0. The van der Waals surface area contributed by atoms with Crippen molar-refractivity contribution in [1.29, 1.82) is 0 Å². The molecule has 0 aromatic carbocycles. The molecule has 2 amide bonds. The molecule has 0 aliphatic carbocycles. The van der Waals surface area contributed by atoms with Crippen molar-refractivity contribution in [3.63, 3.8) is 0 Å². The molecule has 2 fully saturated rings. The molecule has 2 saturated heterocycles. The maximum Gasteiger partial charge on any atom is 0.225 e. The first-order valence-electron chi connectivity index (χ1n) is 11.4. The Kier molecular flexibility index (Phi) is 11.0. The van der Waals surface area contributed by atoms with E-state index in [9.17, 15) is 9.59 Å². The molecule has 4 nitrogen and oxygen atoms in total. The van der Waals surface area contributed by atoms with Crippen molar-refractivity contribution in [2.75, 3.05) is 26.2 Å². The summed E-state index contributed by atoms with van der Waals surface area (Å²) in [6.07, 6.45) is 7.83. The van der Waals surface area contributed by atoms with Crippen LogP contribution in [0.1, 0.15) is 86.5 Å². The van der Waals surface area contributed by atoms with Gasteiger partial charge in [0.1, 0.15) is 0 Å². The van der Waals surface area contributed by atoms with Gasteiger partial charge in [0.25, 0.3) is 0 Å². The van der Waals surface area contributed by atoms with Crippen LogP contribution in [0.25, 0.3) is 0 Å². The van der Waals surface area contributed by atoms with Crippen LogP contribution in [-0.2, 0) is 9.59 Å². The lowest BCUT2D eigenvalue weighted by Crippen LogP contribution is -2.43. The van der Waals surface area contributed by atoms with E-state index in [0.29, 0.717) is 30.1 Å². The maximum atomic E-state index is 12.0. The number of hydrogen-bond acceptors (Lipinski definition) is 2. The van der Waals surface area contributed by atoms with Gasteiger partial charge in [-0.15, -0.1) is 0 Å². The van der Waals surface area contributed by atoms with E-state index in [1.807, 2.05) is 18.7 Å². The Bertz CT molecular complexity index is 450. The van der Waals surface area contributed by atoms with Crippen LogP contribution < -0.4 is 0 Å². The number of carbonyl (C=O) groups excluding carboxylic acids is 2. The second-order valence-corrected chi connectivity index (χ2v) is 8.85. The van der Waals surface area contributed by atoms with Gasteiger partial charge >= 0.3 is 0 Å². The summed E-state index contributed by atoms with van der Waals surface area (Å²) in [5.41, 5.74) is 0. The summed E-state index contributed by atoms with van der Waals surface area (Å²) in [4.78, 5) is 27.5. The molecule has 0 spiro atoms. The van der Waals surface area contributed by atoms with E-state index in [-0.39, 0.29) is 5.92 Å². The van der Waals surface area contributed by atoms with Crippen LogP contribution in [0, 0.1) is 23.7 Å². The standard InChI is InChI=1S/C13H25NO.C10H19NO/c1-5-11(4)13(15)14-8-6-7-12(9-14)10(2)3;1-3-9-6-5-7-11(8-9)10(12)4-2/h10-12H,5-9H2,1-4H3;9H,3-8H2,1-2H3/t11?,12-;9-/m10/s1. The summed E-state index contributed by atoms with van der Waals surface area (Å²) in [6, 6.07) is 0. The minimum Gasteiger partial charge on any atom is -0.342 e. The minimum atomic E-state index is 0.205. The second-order valence-electron chi connectivity index (χ2n) is 8.85. The summed E-state index contributed by atoms with van der Waals surface area (Å²) in [6.45, 7) is 16.8. The van der Waals surface area contributed by atoms with Gasteiger partial charge in [0.2, 0.25) is 11.8 Å². The average Bonchev–Trinajstić information content (AvgIpc) is 2.72. The number of rotatable bonds is 5. The van der Waals surface area contributed by atoms with Gasteiger partial charge < -0.3 is 9.80 Å².